The van der Waals surface area contributed by atoms with E-state index in [1.807, 2.05) is 0 Å². The Morgan fingerprint density at radius 2 is 1.38 bits per heavy atom. The molecule has 0 bridgehead atoms. The molecule has 8 heavy (non-hydrogen) atoms. The Balaban J connectivity index is 0. The molecule has 0 aromatic rings. The van der Waals surface area contributed by atoms with Gasteiger partial charge in [-0.3, -0.25) is 8.37 Å². The zero-order valence-electron chi connectivity index (χ0n) is 4.04. The van der Waals surface area contributed by atoms with Crippen LogP contribution in [0, 0.1) is 0 Å². The Labute approximate surface area is 60.7 Å². The van der Waals surface area contributed by atoms with Gasteiger partial charge in [0.1, 0.15) is 0 Å². The second-order valence-corrected chi connectivity index (χ2v) is 2.22. The monoisotopic (exact) mass is 134 g/mol. The van der Waals surface area contributed by atoms with E-state index in [1.54, 1.807) is 0 Å². The summed E-state index contributed by atoms with van der Waals surface area (Å²) in [5, 5.41) is 0. The van der Waals surface area contributed by atoms with Crippen molar-refractivity contribution in [1.82, 2.24) is 0 Å². The molecular formula is C2H7LiO4S. The van der Waals surface area contributed by atoms with Crippen LogP contribution in [0.1, 0.15) is 0 Å². The second-order valence-electron chi connectivity index (χ2n) is 0.742. The van der Waals surface area contributed by atoms with Crippen LogP contribution < -0.4 is 0 Å². The van der Waals surface area contributed by atoms with Crippen molar-refractivity contribution in [2.24, 2.45) is 0 Å². The Morgan fingerprint density at radius 1 is 1.12 bits per heavy atom. The minimum atomic E-state index is -3.66. The van der Waals surface area contributed by atoms with Gasteiger partial charge in [0, 0.05) is 0 Å². The van der Waals surface area contributed by atoms with Crippen molar-refractivity contribution in [1.29, 1.82) is 0 Å². The molecule has 0 aliphatic rings. The zero-order valence-corrected chi connectivity index (χ0v) is 4.86. The first-order valence-corrected chi connectivity index (χ1v) is 2.82. The van der Waals surface area contributed by atoms with Gasteiger partial charge in [-0.2, -0.15) is 8.42 Å². The molecule has 46 valence electrons. The van der Waals surface area contributed by atoms with Gasteiger partial charge in [0.15, 0.2) is 0 Å². The number of hydrogen-bond acceptors (Lipinski definition) is 4. The van der Waals surface area contributed by atoms with Crippen molar-refractivity contribution in [2.45, 2.75) is 0 Å². The van der Waals surface area contributed by atoms with Gasteiger partial charge in [-0.15, -0.1) is 0 Å². The first kappa shape index (κ1) is 11.3. The van der Waals surface area contributed by atoms with E-state index in [0.29, 0.717) is 0 Å². The van der Waals surface area contributed by atoms with Crippen LogP contribution in [-0.2, 0) is 18.8 Å². The van der Waals surface area contributed by atoms with Gasteiger partial charge < -0.3 is 0 Å². The first-order chi connectivity index (χ1) is 3.12. The van der Waals surface area contributed by atoms with Crippen molar-refractivity contribution in [3.8, 4) is 0 Å². The van der Waals surface area contributed by atoms with Crippen molar-refractivity contribution >= 4 is 29.3 Å². The molecule has 0 saturated heterocycles. The standard InChI is InChI=1S/C2H6O4S.Li.H/c1-5-7(3,4)6-2;;/h1-2H3;;. The fourth-order valence-electron chi connectivity index (χ4n) is 0.0680. The van der Waals surface area contributed by atoms with Crippen LogP contribution in [0.4, 0.5) is 0 Å². The molecule has 6 heteroatoms. The molecule has 0 radical (unpaired) electrons. The second kappa shape index (κ2) is 4.36. The Bertz CT molecular complexity index is 117. The van der Waals surface area contributed by atoms with E-state index in [4.69, 9.17) is 0 Å². The molecule has 0 aromatic carbocycles. The van der Waals surface area contributed by atoms with Crippen molar-refractivity contribution in [3.63, 3.8) is 0 Å². The van der Waals surface area contributed by atoms with Crippen LogP contribution in [0.25, 0.3) is 0 Å². The Kier molecular flexibility index (Phi) is 6.15. The quantitative estimate of drug-likeness (QED) is 0.448. The maximum atomic E-state index is 9.92. The Hall–Kier alpha value is 0.467. The third-order valence-corrected chi connectivity index (χ3v) is 1.22. The Morgan fingerprint density at radius 3 is 1.38 bits per heavy atom. The van der Waals surface area contributed by atoms with Gasteiger partial charge in [0.05, 0.1) is 14.2 Å². The van der Waals surface area contributed by atoms with Crippen LogP contribution in [0.3, 0.4) is 0 Å². The van der Waals surface area contributed by atoms with Crippen molar-refractivity contribution in [2.75, 3.05) is 14.2 Å². The molecule has 4 nitrogen and oxygen atoms in total. The molecule has 0 aliphatic heterocycles. The molecule has 0 N–H and O–H groups in total. The third kappa shape index (κ3) is 4.62. The maximum absolute atomic E-state index is 9.92. The normalized spacial score (nSPS) is 10.2. The molecule has 0 aliphatic carbocycles. The summed E-state index contributed by atoms with van der Waals surface area (Å²) in [6.07, 6.45) is 0. The van der Waals surface area contributed by atoms with Gasteiger partial charge in [-0.25, -0.2) is 0 Å². The molecular weight excluding hydrogens is 127 g/mol. The molecule has 0 heterocycles. The van der Waals surface area contributed by atoms with Crippen LogP contribution >= 0.6 is 0 Å². The van der Waals surface area contributed by atoms with Gasteiger partial charge in [0.2, 0.25) is 0 Å². The SMILES string of the molecule is COS(=O)(=O)OC.[LiH]. The fourth-order valence-corrected chi connectivity index (χ4v) is 0.204. The predicted octanol–water partition coefficient (Wildman–Crippen LogP) is -1.12. The van der Waals surface area contributed by atoms with E-state index in [-0.39, 0.29) is 18.9 Å². The molecule has 0 unspecified atom stereocenters. The molecule has 0 aromatic heterocycles. The summed E-state index contributed by atoms with van der Waals surface area (Å²) in [7, 11) is -1.60. The van der Waals surface area contributed by atoms with Crippen LogP contribution in [0.2, 0.25) is 0 Å². The molecule has 0 spiro atoms. The van der Waals surface area contributed by atoms with Gasteiger partial charge >= 0.3 is 29.3 Å². The van der Waals surface area contributed by atoms with Crippen LogP contribution in [-0.4, -0.2) is 41.5 Å². The van der Waals surface area contributed by atoms with Crippen molar-refractivity contribution < 1.29 is 16.8 Å². The van der Waals surface area contributed by atoms with E-state index in [9.17, 15) is 8.42 Å². The molecule has 0 saturated carbocycles. The third-order valence-electron chi connectivity index (χ3n) is 0.408. The zero-order chi connectivity index (χ0) is 5.91. The van der Waals surface area contributed by atoms with Gasteiger partial charge in [0.25, 0.3) is 0 Å². The topological polar surface area (TPSA) is 52.6 Å². The first-order valence-electron chi connectivity index (χ1n) is 1.48. The summed E-state index contributed by atoms with van der Waals surface area (Å²) >= 11 is 0. The van der Waals surface area contributed by atoms with Crippen LogP contribution in [0.15, 0.2) is 0 Å². The van der Waals surface area contributed by atoms with E-state index in [2.05, 4.69) is 8.37 Å². The average Bonchev–Trinajstić information content (AvgIpc) is 1.68. The van der Waals surface area contributed by atoms with Gasteiger partial charge in [-0.1, -0.05) is 0 Å². The molecule has 0 amide bonds. The van der Waals surface area contributed by atoms with E-state index in [1.165, 1.54) is 0 Å². The predicted molar refractivity (Wildman–Crippen MR) is 30.1 cm³/mol. The minimum absolute atomic E-state index is 0. The van der Waals surface area contributed by atoms with Gasteiger partial charge in [-0.05, 0) is 0 Å². The summed E-state index contributed by atoms with van der Waals surface area (Å²) in [6, 6.07) is 0. The van der Waals surface area contributed by atoms with E-state index in [0.717, 1.165) is 14.2 Å². The average molecular weight is 134 g/mol. The number of hydrogen-bond donors (Lipinski definition) is 0. The van der Waals surface area contributed by atoms with Crippen molar-refractivity contribution in [3.05, 3.63) is 0 Å². The van der Waals surface area contributed by atoms with E-state index < -0.39 is 10.4 Å². The van der Waals surface area contributed by atoms with E-state index >= 15 is 0 Å². The number of rotatable bonds is 2. The van der Waals surface area contributed by atoms with Crippen LogP contribution in [0.5, 0.6) is 0 Å². The fraction of sp³-hybridized carbons (Fsp3) is 1.00. The summed E-state index contributed by atoms with van der Waals surface area (Å²) in [4.78, 5) is 0. The summed E-state index contributed by atoms with van der Waals surface area (Å²) in [6.45, 7) is 0. The molecule has 0 atom stereocenters. The molecule has 0 fully saturated rings. The molecule has 0 rings (SSSR count). The summed E-state index contributed by atoms with van der Waals surface area (Å²) in [5.74, 6) is 0. The summed E-state index contributed by atoms with van der Waals surface area (Å²) < 4.78 is 27.5. The summed E-state index contributed by atoms with van der Waals surface area (Å²) in [5.41, 5.74) is 0.